The maximum atomic E-state index is 13.0. The highest BCUT2D eigenvalue weighted by atomic mass is 19.4. The number of imidazole rings is 1. The van der Waals surface area contributed by atoms with Crippen LogP contribution in [0.25, 0.3) is 0 Å². The molecule has 1 aliphatic carbocycles. The molecule has 1 aromatic heterocycles. The molecule has 0 bridgehead atoms. The average Bonchev–Trinajstić information content (AvgIpc) is 2.98. The summed E-state index contributed by atoms with van der Waals surface area (Å²) in [6.07, 6.45) is -2.98. The summed E-state index contributed by atoms with van der Waals surface area (Å²) in [6, 6.07) is 0. The second-order valence-electron chi connectivity index (χ2n) is 7.81. The summed E-state index contributed by atoms with van der Waals surface area (Å²) in [5.41, 5.74) is -2.33. The fourth-order valence-electron chi connectivity index (χ4n) is 4.08. The van der Waals surface area contributed by atoms with Crippen LogP contribution < -0.4 is 4.90 Å². The first-order valence-electron chi connectivity index (χ1n) is 8.97. The van der Waals surface area contributed by atoms with Gasteiger partial charge in [-0.15, -0.1) is 0 Å². The number of aliphatic hydroxyl groups excluding tert-OH is 1. The van der Waals surface area contributed by atoms with Gasteiger partial charge in [-0.3, -0.25) is 9.69 Å². The van der Waals surface area contributed by atoms with Crippen LogP contribution in [0, 0.1) is 11.8 Å². The molecule has 0 aromatic carbocycles. The minimum Gasteiger partial charge on any atom is -0.380 e. The number of fused-ring (bicyclic) bond motifs is 1. The van der Waals surface area contributed by atoms with Crippen molar-refractivity contribution in [1.29, 1.82) is 0 Å². The van der Waals surface area contributed by atoms with Gasteiger partial charge in [0, 0.05) is 20.6 Å². The van der Waals surface area contributed by atoms with Crippen molar-refractivity contribution in [2.24, 2.45) is 18.9 Å². The van der Waals surface area contributed by atoms with Crippen LogP contribution in [-0.2, 0) is 7.05 Å². The number of rotatable bonds is 3. The molecule has 2 heterocycles. The first kappa shape index (κ1) is 19.9. The van der Waals surface area contributed by atoms with Crippen molar-refractivity contribution in [3.63, 3.8) is 0 Å². The zero-order chi connectivity index (χ0) is 20.1. The number of halogens is 3. The predicted octanol–water partition coefficient (Wildman–Crippen LogP) is 1.71. The molecule has 152 valence electrons. The zero-order valence-corrected chi connectivity index (χ0v) is 15.6. The number of carbonyl (C=O) groups is 1. The number of carbonyl (C=O) groups excluding carboxylic acids is 1. The minimum atomic E-state index is -4.66. The van der Waals surface area contributed by atoms with Gasteiger partial charge in [0.1, 0.15) is 0 Å². The van der Waals surface area contributed by atoms with Crippen LogP contribution in [0.4, 0.5) is 19.0 Å². The summed E-state index contributed by atoms with van der Waals surface area (Å²) in [7, 11) is 3.32. The van der Waals surface area contributed by atoms with Crippen LogP contribution in [0.1, 0.15) is 43.1 Å². The van der Waals surface area contributed by atoms with Crippen molar-refractivity contribution in [1.82, 2.24) is 14.5 Å². The smallest absolute Gasteiger partial charge is 0.380 e. The van der Waals surface area contributed by atoms with E-state index in [-0.39, 0.29) is 31.2 Å². The largest absolute Gasteiger partial charge is 0.417 e. The van der Waals surface area contributed by atoms with E-state index >= 15 is 0 Å². The van der Waals surface area contributed by atoms with Gasteiger partial charge in [-0.1, -0.05) is 0 Å². The Morgan fingerprint density at radius 2 is 1.81 bits per heavy atom. The van der Waals surface area contributed by atoms with Gasteiger partial charge < -0.3 is 19.7 Å². The summed E-state index contributed by atoms with van der Waals surface area (Å²) in [6.45, 7) is 1.07. The predicted molar refractivity (Wildman–Crippen MR) is 90.8 cm³/mol. The van der Waals surface area contributed by atoms with Gasteiger partial charge in [0.25, 0.3) is 5.91 Å². The number of hydrogen-bond donors (Lipinski definition) is 2. The summed E-state index contributed by atoms with van der Waals surface area (Å²) < 4.78 is 40.7. The molecular formula is C17H25F3N4O3. The Morgan fingerprint density at radius 1 is 1.22 bits per heavy atom. The molecule has 27 heavy (non-hydrogen) atoms. The third-order valence-electron chi connectivity index (χ3n) is 6.01. The number of aromatic nitrogens is 2. The van der Waals surface area contributed by atoms with Crippen LogP contribution in [0.3, 0.4) is 0 Å². The van der Waals surface area contributed by atoms with Crippen molar-refractivity contribution in [3.05, 3.63) is 12.0 Å². The Kier molecular flexibility index (Phi) is 4.92. The molecule has 3 rings (SSSR count). The van der Waals surface area contributed by atoms with E-state index in [1.807, 2.05) is 0 Å². The SMILES string of the molecule is CN1c2ncn(C)c2C(=O)N(C[C@H]2CC[C@H](C(C)(O)C(F)(F)F)CC2)C1O. The molecule has 1 fully saturated rings. The lowest BCUT2D eigenvalue weighted by molar-refractivity contribution is -0.275. The number of anilines is 1. The number of amides is 1. The lowest BCUT2D eigenvalue weighted by Gasteiger charge is -2.43. The normalized spacial score (nSPS) is 28.9. The maximum absolute atomic E-state index is 13.0. The quantitative estimate of drug-likeness (QED) is 0.821. The molecule has 1 amide bonds. The molecule has 0 saturated heterocycles. The minimum absolute atomic E-state index is 0.0351. The van der Waals surface area contributed by atoms with Crippen molar-refractivity contribution in [2.45, 2.75) is 50.7 Å². The number of hydrogen-bond acceptors (Lipinski definition) is 5. The third-order valence-corrected chi connectivity index (χ3v) is 6.01. The van der Waals surface area contributed by atoms with E-state index in [0.29, 0.717) is 24.4 Å². The second-order valence-corrected chi connectivity index (χ2v) is 7.81. The molecule has 2 aliphatic rings. The molecule has 0 radical (unpaired) electrons. The van der Waals surface area contributed by atoms with Gasteiger partial charge >= 0.3 is 6.18 Å². The second kappa shape index (κ2) is 6.66. The van der Waals surface area contributed by atoms with Crippen molar-refractivity contribution < 1.29 is 28.2 Å². The summed E-state index contributed by atoms with van der Waals surface area (Å²) >= 11 is 0. The lowest BCUT2D eigenvalue weighted by Crippen LogP contribution is -2.56. The topological polar surface area (TPSA) is 81.8 Å². The zero-order valence-electron chi connectivity index (χ0n) is 15.6. The molecule has 2 N–H and O–H groups in total. The van der Waals surface area contributed by atoms with E-state index in [4.69, 9.17) is 0 Å². The average molecular weight is 390 g/mol. The highest BCUT2D eigenvalue weighted by molar-refractivity contribution is 5.99. The lowest BCUT2D eigenvalue weighted by atomic mass is 9.73. The van der Waals surface area contributed by atoms with Gasteiger partial charge in [-0.25, -0.2) is 4.98 Å². The van der Waals surface area contributed by atoms with E-state index in [2.05, 4.69) is 4.98 Å². The van der Waals surface area contributed by atoms with Crippen molar-refractivity contribution in [3.8, 4) is 0 Å². The number of aliphatic hydroxyl groups is 2. The van der Waals surface area contributed by atoms with Gasteiger partial charge in [-0.05, 0) is 44.4 Å². The van der Waals surface area contributed by atoms with E-state index in [1.54, 1.807) is 18.7 Å². The van der Waals surface area contributed by atoms with Crippen LogP contribution in [0.2, 0.25) is 0 Å². The third kappa shape index (κ3) is 3.29. The van der Waals surface area contributed by atoms with Crippen LogP contribution >= 0.6 is 0 Å². The Morgan fingerprint density at radius 3 is 2.37 bits per heavy atom. The molecule has 1 aromatic rings. The Labute approximate surface area is 155 Å². The fraction of sp³-hybridized carbons (Fsp3) is 0.765. The molecule has 1 saturated carbocycles. The van der Waals surface area contributed by atoms with Crippen LogP contribution in [0.5, 0.6) is 0 Å². The highest BCUT2D eigenvalue weighted by Crippen LogP contribution is 2.44. The van der Waals surface area contributed by atoms with Gasteiger partial charge in [0.05, 0.1) is 6.33 Å². The first-order valence-corrected chi connectivity index (χ1v) is 8.97. The number of alkyl halides is 3. The Hall–Kier alpha value is -1.81. The molecule has 2 atom stereocenters. The Bertz CT molecular complexity index is 711. The van der Waals surface area contributed by atoms with Gasteiger partial charge in [-0.2, -0.15) is 13.2 Å². The molecule has 7 nitrogen and oxygen atoms in total. The van der Waals surface area contributed by atoms with Gasteiger partial charge in [0.15, 0.2) is 17.1 Å². The standard InChI is InChI=1S/C17H25F3N4O3/c1-16(27,17(18,19)20)11-6-4-10(5-7-11)8-24-14(25)12-13(21-9-22(12)2)23(3)15(24)26/h9-11,15,26-27H,4-8H2,1-3H3/t10-,11-,15?,16?. The number of nitrogens with zero attached hydrogens (tertiary/aromatic N) is 4. The van der Waals surface area contributed by atoms with E-state index in [0.717, 1.165) is 6.92 Å². The highest BCUT2D eigenvalue weighted by Gasteiger charge is 2.55. The molecule has 1 aliphatic heterocycles. The molecular weight excluding hydrogens is 365 g/mol. The number of aryl methyl sites for hydroxylation is 1. The summed E-state index contributed by atoms with van der Waals surface area (Å²) in [5.74, 6) is -0.842. The van der Waals surface area contributed by atoms with Crippen molar-refractivity contribution >= 4 is 11.7 Å². The van der Waals surface area contributed by atoms with Gasteiger partial charge in [0.2, 0.25) is 6.35 Å². The molecule has 10 heteroatoms. The first-order chi connectivity index (χ1) is 12.4. The monoisotopic (exact) mass is 390 g/mol. The fourth-order valence-corrected chi connectivity index (χ4v) is 4.08. The molecule has 2 unspecified atom stereocenters. The van der Waals surface area contributed by atoms with Crippen molar-refractivity contribution in [2.75, 3.05) is 18.5 Å². The van der Waals surface area contributed by atoms with Crippen LogP contribution in [-0.4, -0.2) is 62.3 Å². The summed E-state index contributed by atoms with van der Waals surface area (Å²) in [5, 5.41) is 20.3. The Balaban J connectivity index is 1.67. The van der Waals surface area contributed by atoms with E-state index in [9.17, 15) is 28.2 Å². The van der Waals surface area contributed by atoms with Crippen LogP contribution in [0.15, 0.2) is 6.33 Å². The summed E-state index contributed by atoms with van der Waals surface area (Å²) in [4.78, 5) is 19.7. The van der Waals surface area contributed by atoms with E-state index < -0.39 is 24.0 Å². The van der Waals surface area contributed by atoms with E-state index in [1.165, 1.54) is 16.1 Å². The molecule has 0 spiro atoms. The maximum Gasteiger partial charge on any atom is 0.417 e.